The summed E-state index contributed by atoms with van der Waals surface area (Å²) in [6.07, 6.45) is 1.60. The Kier molecular flexibility index (Phi) is 5.42. The molecule has 0 spiro atoms. The lowest BCUT2D eigenvalue weighted by molar-refractivity contribution is -0.384. The Bertz CT molecular complexity index is 1090. The van der Waals surface area contributed by atoms with E-state index in [0.29, 0.717) is 39.7 Å². The largest absolute Gasteiger partial charge is 0.493 e. The normalized spacial score (nSPS) is 11.0. The number of nitrogens with zero attached hydrogens (tertiary/aromatic N) is 2. The van der Waals surface area contributed by atoms with E-state index in [2.05, 4.69) is 6.07 Å². The van der Waals surface area contributed by atoms with Crippen molar-refractivity contribution in [1.82, 2.24) is 0 Å². The van der Waals surface area contributed by atoms with Crippen LogP contribution in [0.4, 0.5) is 5.69 Å². The van der Waals surface area contributed by atoms with Gasteiger partial charge >= 0.3 is 0 Å². The third-order valence-corrected chi connectivity index (χ3v) is 4.07. The highest BCUT2D eigenvalue weighted by Gasteiger charge is 2.12. The molecule has 0 radical (unpaired) electrons. The van der Waals surface area contributed by atoms with Crippen molar-refractivity contribution in [2.45, 2.75) is 0 Å². The van der Waals surface area contributed by atoms with Crippen molar-refractivity contribution in [3.8, 4) is 28.9 Å². The van der Waals surface area contributed by atoms with Gasteiger partial charge in [-0.1, -0.05) is 12.1 Å². The fourth-order valence-electron chi connectivity index (χ4n) is 2.68. The summed E-state index contributed by atoms with van der Waals surface area (Å²) in [5.41, 5.74) is 1.59. The first kappa shape index (κ1) is 18.7. The average Bonchev–Trinajstić information content (AvgIpc) is 3.20. The lowest BCUT2D eigenvalue weighted by Gasteiger charge is -2.08. The van der Waals surface area contributed by atoms with E-state index in [1.54, 1.807) is 48.5 Å². The van der Waals surface area contributed by atoms with Crippen molar-refractivity contribution in [1.29, 1.82) is 5.26 Å². The molecule has 0 unspecified atom stereocenters. The summed E-state index contributed by atoms with van der Waals surface area (Å²) in [6.45, 7) is 0. The molecule has 140 valence electrons. The molecule has 2 aromatic carbocycles. The standard InChI is InChI=1S/C21H16N2O5/c1-26-20-8-6-14(12-21(20)27-2)16(13-22)11-18-7-9-19(28-18)15-4-3-5-17(10-15)23(24)25/h3-12H,1-2H3. The number of furan rings is 1. The Morgan fingerprint density at radius 2 is 1.89 bits per heavy atom. The van der Waals surface area contributed by atoms with Gasteiger partial charge in [-0.3, -0.25) is 10.1 Å². The zero-order valence-electron chi connectivity index (χ0n) is 15.2. The van der Waals surface area contributed by atoms with E-state index in [4.69, 9.17) is 13.9 Å². The van der Waals surface area contributed by atoms with E-state index in [1.165, 1.54) is 26.4 Å². The monoisotopic (exact) mass is 376 g/mol. The minimum atomic E-state index is -0.460. The molecule has 0 aliphatic rings. The molecule has 3 rings (SSSR count). The maximum absolute atomic E-state index is 10.9. The second-order valence-electron chi connectivity index (χ2n) is 5.75. The predicted octanol–water partition coefficient (Wildman–Crippen LogP) is 4.94. The van der Waals surface area contributed by atoms with E-state index >= 15 is 0 Å². The molecule has 1 heterocycles. The number of benzene rings is 2. The zero-order valence-corrected chi connectivity index (χ0v) is 15.2. The van der Waals surface area contributed by atoms with E-state index in [1.807, 2.05) is 0 Å². The number of ether oxygens (including phenoxy) is 2. The van der Waals surface area contributed by atoms with Crippen LogP contribution in [0.2, 0.25) is 0 Å². The second-order valence-corrected chi connectivity index (χ2v) is 5.75. The topological polar surface area (TPSA) is 98.5 Å². The summed E-state index contributed by atoms with van der Waals surface area (Å²) >= 11 is 0. The van der Waals surface area contributed by atoms with Crippen molar-refractivity contribution in [3.05, 3.63) is 76.0 Å². The van der Waals surface area contributed by atoms with Crippen molar-refractivity contribution >= 4 is 17.3 Å². The third kappa shape index (κ3) is 3.86. The van der Waals surface area contributed by atoms with Gasteiger partial charge in [0.05, 0.1) is 30.8 Å². The fraction of sp³-hybridized carbons (Fsp3) is 0.0952. The SMILES string of the molecule is COc1ccc(C(C#N)=Cc2ccc(-c3cccc([N+](=O)[O-])c3)o2)cc1OC. The highest BCUT2D eigenvalue weighted by atomic mass is 16.6. The lowest BCUT2D eigenvalue weighted by atomic mass is 10.1. The van der Waals surface area contributed by atoms with Crippen LogP contribution in [0.25, 0.3) is 23.0 Å². The number of rotatable bonds is 6. The van der Waals surface area contributed by atoms with E-state index in [9.17, 15) is 15.4 Å². The van der Waals surface area contributed by atoms with Gasteiger partial charge < -0.3 is 13.9 Å². The number of hydrogen-bond donors (Lipinski definition) is 0. The Hall–Kier alpha value is -4.05. The first-order chi connectivity index (χ1) is 13.5. The molecule has 0 atom stereocenters. The van der Waals surface area contributed by atoms with Crippen LogP contribution in [0, 0.1) is 21.4 Å². The molecule has 0 fully saturated rings. The molecule has 0 amide bonds. The highest BCUT2D eigenvalue weighted by molar-refractivity contribution is 5.89. The number of allylic oxidation sites excluding steroid dienone is 1. The minimum Gasteiger partial charge on any atom is -0.493 e. The van der Waals surface area contributed by atoms with Crippen molar-refractivity contribution in [2.75, 3.05) is 14.2 Å². The molecule has 0 bridgehead atoms. The maximum atomic E-state index is 10.9. The number of hydrogen-bond acceptors (Lipinski definition) is 6. The smallest absolute Gasteiger partial charge is 0.270 e. The quantitative estimate of drug-likeness (QED) is 0.343. The predicted molar refractivity (Wildman–Crippen MR) is 104 cm³/mol. The van der Waals surface area contributed by atoms with Crippen LogP contribution in [-0.4, -0.2) is 19.1 Å². The van der Waals surface area contributed by atoms with E-state index in [0.717, 1.165) is 0 Å². The Morgan fingerprint density at radius 3 is 2.57 bits per heavy atom. The van der Waals surface area contributed by atoms with Gasteiger partial charge in [0.15, 0.2) is 11.5 Å². The molecule has 1 aromatic heterocycles. The molecular weight excluding hydrogens is 360 g/mol. The minimum absolute atomic E-state index is 0.0194. The maximum Gasteiger partial charge on any atom is 0.270 e. The number of nitro groups is 1. The summed E-state index contributed by atoms with van der Waals surface area (Å²) in [5, 5.41) is 20.5. The van der Waals surface area contributed by atoms with Gasteiger partial charge in [0.2, 0.25) is 0 Å². The van der Waals surface area contributed by atoms with Crippen molar-refractivity contribution < 1.29 is 18.8 Å². The zero-order chi connectivity index (χ0) is 20.1. The molecule has 7 heteroatoms. The molecule has 0 saturated heterocycles. The fourth-order valence-corrected chi connectivity index (χ4v) is 2.68. The Morgan fingerprint density at radius 1 is 1.11 bits per heavy atom. The number of non-ortho nitro benzene ring substituents is 1. The summed E-state index contributed by atoms with van der Waals surface area (Å²) in [5.74, 6) is 2.00. The van der Waals surface area contributed by atoms with Crippen LogP contribution >= 0.6 is 0 Å². The van der Waals surface area contributed by atoms with Gasteiger partial charge in [0.25, 0.3) is 5.69 Å². The summed E-state index contributed by atoms with van der Waals surface area (Å²) in [6, 6.07) is 16.9. The molecule has 3 aromatic rings. The molecule has 0 aliphatic heterocycles. The molecule has 7 nitrogen and oxygen atoms in total. The van der Waals surface area contributed by atoms with Crippen LogP contribution in [0.1, 0.15) is 11.3 Å². The molecule has 0 aliphatic carbocycles. The summed E-state index contributed by atoms with van der Waals surface area (Å²) < 4.78 is 16.2. The van der Waals surface area contributed by atoms with E-state index in [-0.39, 0.29) is 5.69 Å². The van der Waals surface area contributed by atoms with Crippen LogP contribution in [0.5, 0.6) is 11.5 Å². The first-order valence-corrected chi connectivity index (χ1v) is 8.24. The highest BCUT2D eigenvalue weighted by Crippen LogP contribution is 2.32. The van der Waals surface area contributed by atoms with Crippen molar-refractivity contribution in [2.24, 2.45) is 0 Å². The van der Waals surface area contributed by atoms with E-state index < -0.39 is 4.92 Å². The van der Waals surface area contributed by atoms with Gasteiger partial charge in [-0.15, -0.1) is 0 Å². The average molecular weight is 376 g/mol. The van der Waals surface area contributed by atoms with Crippen LogP contribution in [-0.2, 0) is 0 Å². The number of methoxy groups -OCH3 is 2. The first-order valence-electron chi connectivity index (χ1n) is 8.24. The molecule has 0 N–H and O–H groups in total. The van der Waals surface area contributed by atoms with Gasteiger partial charge in [-0.2, -0.15) is 5.26 Å². The summed E-state index contributed by atoms with van der Waals surface area (Å²) in [7, 11) is 3.06. The Balaban J connectivity index is 1.94. The van der Waals surface area contributed by atoms with Crippen LogP contribution in [0.3, 0.4) is 0 Å². The lowest BCUT2D eigenvalue weighted by Crippen LogP contribution is -1.92. The van der Waals surface area contributed by atoms with Crippen LogP contribution < -0.4 is 9.47 Å². The van der Waals surface area contributed by atoms with Gasteiger partial charge in [0.1, 0.15) is 11.5 Å². The molecular formula is C21H16N2O5. The number of nitro benzene ring substituents is 1. The second kappa shape index (κ2) is 8.10. The van der Waals surface area contributed by atoms with Gasteiger partial charge in [0, 0.05) is 17.7 Å². The Labute approximate surface area is 161 Å². The van der Waals surface area contributed by atoms with Gasteiger partial charge in [-0.05, 0) is 42.0 Å². The van der Waals surface area contributed by atoms with Gasteiger partial charge in [-0.25, -0.2) is 0 Å². The van der Waals surface area contributed by atoms with Crippen LogP contribution in [0.15, 0.2) is 59.0 Å². The molecule has 28 heavy (non-hydrogen) atoms. The summed E-state index contributed by atoms with van der Waals surface area (Å²) in [4.78, 5) is 10.5. The molecule has 0 saturated carbocycles. The number of nitriles is 1. The third-order valence-electron chi connectivity index (χ3n) is 4.07. The van der Waals surface area contributed by atoms with Crippen molar-refractivity contribution in [3.63, 3.8) is 0 Å².